The van der Waals surface area contributed by atoms with Gasteiger partial charge in [0.2, 0.25) is 5.85 Å². The molecule has 0 aromatic heterocycles. The van der Waals surface area contributed by atoms with Crippen molar-refractivity contribution in [2.75, 3.05) is 13.2 Å². The molecule has 0 heterocycles. The second-order valence-corrected chi connectivity index (χ2v) is 8.30. The first-order chi connectivity index (χ1) is 12.7. The summed E-state index contributed by atoms with van der Waals surface area (Å²) in [4.78, 5) is 22.4. The molecule has 0 aliphatic rings. The summed E-state index contributed by atoms with van der Waals surface area (Å²) < 4.78 is 27.9. The van der Waals surface area contributed by atoms with Crippen molar-refractivity contribution in [2.45, 2.75) is 19.7 Å². The Morgan fingerprint density at radius 1 is 1.19 bits per heavy atom. The molecule has 0 aliphatic carbocycles. The van der Waals surface area contributed by atoms with Crippen molar-refractivity contribution >= 4 is 36.8 Å². The number of halogens is 2. The lowest BCUT2D eigenvalue weighted by molar-refractivity contribution is -0.149. The van der Waals surface area contributed by atoms with E-state index in [1.54, 1.807) is 37.3 Å². The largest absolute Gasteiger partial charge is 0.480 e. The number of carbonyl (C=O) groups is 1. The maximum atomic E-state index is 12.5. The molecule has 6 nitrogen and oxygen atoms in total. The highest BCUT2D eigenvalue weighted by Gasteiger charge is 2.37. The van der Waals surface area contributed by atoms with Crippen molar-refractivity contribution in [1.29, 1.82) is 0 Å². The number of carbonyl (C=O) groups excluding carboxylic acids is 1. The van der Waals surface area contributed by atoms with Crippen molar-refractivity contribution in [2.24, 2.45) is 0 Å². The minimum absolute atomic E-state index is 0.00935. The van der Waals surface area contributed by atoms with E-state index in [-0.39, 0.29) is 17.4 Å². The van der Waals surface area contributed by atoms with Crippen LogP contribution in [-0.4, -0.2) is 24.1 Å². The monoisotopic (exact) mass is 432 g/mol. The smallest absolute Gasteiger partial charge is 0.373 e. The van der Waals surface area contributed by atoms with Gasteiger partial charge in [0.25, 0.3) is 0 Å². The van der Waals surface area contributed by atoms with Crippen molar-refractivity contribution in [3.63, 3.8) is 0 Å². The van der Waals surface area contributed by atoms with Crippen LogP contribution in [0.25, 0.3) is 0 Å². The topological polar surface area (TPSA) is 82.1 Å². The molecule has 0 amide bonds. The van der Waals surface area contributed by atoms with Gasteiger partial charge in [0.15, 0.2) is 6.61 Å². The molecule has 2 aromatic rings. The summed E-state index contributed by atoms with van der Waals surface area (Å²) in [6.45, 7) is 2.93. The number of ether oxygens (including phenoxy) is 2. The van der Waals surface area contributed by atoms with E-state index in [2.05, 4.69) is 0 Å². The van der Waals surface area contributed by atoms with Crippen LogP contribution in [0.5, 0.6) is 5.75 Å². The third kappa shape index (κ3) is 6.23. The van der Waals surface area contributed by atoms with E-state index >= 15 is 0 Å². The van der Waals surface area contributed by atoms with Gasteiger partial charge in [0.05, 0.1) is 11.6 Å². The first-order valence-electron chi connectivity index (χ1n) is 8.04. The van der Waals surface area contributed by atoms with Crippen LogP contribution in [0, 0.1) is 6.92 Å². The second kappa shape index (κ2) is 9.58. The van der Waals surface area contributed by atoms with E-state index in [0.29, 0.717) is 10.6 Å². The van der Waals surface area contributed by atoms with Crippen LogP contribution in [-0.2, 0) is 18.6 Å². The Morgan fingerprint density at radius 3 is 2.44 bits per heavy atom. The fourth-order valence-electron chi connectivity index (χ4n) is 2.19. The lowest BCUT2D eigenvalue weighted by Gasteiger charge is -2.23. The highest BCUT2D eigenvalue weighted by molar-refractivity contribution is 7.53. The third-order valence-electron chi connectivity index (χ3n) is 3.46. The molecule has 9 heteroatoms. The zero-order valence-corrected chi connectivity index (χ0v) is 17.1. The molecule has 2 rings (SSSR count). The van der Waals surface area contributed by atoms with Gasteiger partial charge in [-0.15, -0.1) is 0 Å². The number of benzene rings is 2. The quantitative estimate of drug-likeness (QED) is 0.459. The first kappa shape index (κ1) is 21.7. The fraction of sp³-hybridized carbons (Fsp3) is 0.278. The van der Waals surface area contributed by atoms with Gasteiger partial charge < -0.3 is 18.9 Å². The van der Waals surface area contributed by atoms with E-state index in [9.17, 15) is 14.3 Å². The second-order valence-electron chi connectivity index (χ2n) is 5.60. The number of hydrogen-bond acceptors (Lipinski definition) is 5. The Kier molecular flexibility index (Phi) is 7.71. The minimum Gasteiger partial charge on any atom is -0.480 e. The van der Waals surface area contributed by atoms with Crippen LogP contribution >= 0.6 is 30.8 Å². The zero-order valence-electron chi connectivity index (χ0n) is 14.7. The van der Waals surface area contributed by atoms with E-state index in [1.165, 1.54) is 12.1 Å². The van der Waals surface area contributed by atoms with Crippen molar-refractivity contribution in [3.05, 3.63) is 63.6 Å². The van der Waals surface area contributed by atoms with E-state index in [4.69, 9.17) is 37.2 Å². The standard InChI is InChI=1S/C18H19Cl2O6P/c1-3-25-27(22,23)18(13-6-4-12(2)5-7-13)26-17(21)11-24-16-9-8-14(19)10-15(16)20/h4-10,18H,3,11H2,1-2H3,(H,22,23). The van der Waals surface area contributed by atoms with Gasteiger partial charge in [-0.3, -0.25) is 4.57 Å². The molecule has 0 bridgehead atoms. The van der Waals surface area contributed by atoms with Crippen LogP contribution in [0.3, 0.4) is 0 Å². The number of aryl methyl sites for hydroxylation is 1. The van der Waals surface area contributed by atoms with Gasteiger partial charge in [0, 0.05) is 10.6 Å². The van der Waals surface area contributed by atoms with Gasteiger partial charge in [-0.2, -0.15) is 0 Å². The van der Waals surface area contributed by atoms with Crippen LogP contribution in [0.1, 0.15) is 23.9 Å². The van der Waals surface area contributed by atoms with Gasteiger partial charge in [-0.1, -0.05) is 53.0 Å². The van der Waals surface area contributed by atoms with Crippen LogP contribution < -0.4 is 4.74 Å². The molecular formula is C18H19Cl2O6P. The van der Waals surface area contributed by atoms with Crippen LogP contribution in [0.15, 0.2) is 42.5 Å². The Balaban J connectivity index is 2.13. The van der Waals surface area contributed by atoms with E-state index < -0.39 is 26.0 Å². The maximum Gasteiger partial charge on any atom is 0.373 e. The molecule has 0 spiro atoms. The zero-order chi connectivity index (χ0) is 20.0. The molecule has 0 saturated carbocycles. The molecule has 0 saturated heterocycles. The Labute approximate surface area is 167 Å². The molecule has 2 aromatic carbocycles. The lowest BCUT2D eigenvalue weighted by Crippen LogP contribution is -2.19. The minimum atomic E-state index is -4.25. The molecule has 146 valence electrons. The summed E-state index contributed by atoms with van der Waals surface area (Å²) in [7, 11) is -4.25. The molecule has 1 N–H and O–H groups in total. The number of hydrogen-bond donors (Lipinski definition) is 1. The molecule has 0 radical (unpaired) electrons. The summed E-state index contributed by atoms with van der Waals surface area (Å²) in [6, 6.07) is 11.2. The third-order valence-corrected chi connectivity index (χ3v) is 5.61. The fourth-order valence-corrected chi connectivity index (χ4v) is 3.96. The average Bonchev–Trinajstić information content (AvgIpc) is 2.59. The summed E-state index contributed by atoms with van der Waals surface area (Å²) in [5.74, 6) is -2.07. The van der Waals surface area contributed by atoms with Gasteiger partial charge in [-0.25, -0.2) is 4.79 Å². The summed E-state index contributed by atoms with van der Waals surface area (Å²) in [5.41, 5.74) is 1.30. The van der Waals surface area contributed by atoms with Gasteiger partial charge in [-0.05, 0) is 32.0 Å². The van der Waals surface area contributed by atoms with E-state index in [0.717, 1.165) is 5.56 Å². The number of esters is 1. The molecular weight excluding hydrogens is 414 g/mol. The summed E-state index contributed by atoms with van der Waals surface area (Å²) in [6.07, 6.45) is 0. The molecule has 0 fully saturated rings. The Hall–Kier alpha value is -1.56. The van der Waals surface area contributed by atoms with Gasteiger partial charge >= 0.3 is 13.6 Å². The molecule has 0 aliphatic heterocycles. The Morgan fingerprint density at radius 2 is 1.85 bits per heavy atom. The normalized spacial score (nSPS) is 14.3. The van der Waals surface area contributed by atoms with Gasteiger partial charge in [0.1, 0.15) is 5.75 Å². The predicted octanol–water partition coefficient (Wildman–Crippen LogP) is 5.14. The van der Waals surface area contributed by atoms with Crippen molar-refractivity contribution in [3.8, 4) is 5.75 Å². The van der Waals surface area contributed by atoms with Crippen LogP contribution in [0.4, 0.5) is 0 Å². The molecule has 2 unspecified atom stereocenters. The highest BCUT2D eigenvalue weighted by Crippen LogP contribution is 2.57. The SMILES string of the molecule is CCOP(=O)(O)C(OC(=O)COc1ccc(Cl)cc1Cl)c1ccc(C)cc1. The van der Waals surface area contributed by atoms with E-state index in [1.807, 2.05) is 6.92 Å². The summed E-state index contributed by atoms with van der Waals surface area (Å²) >= 11 is 11.8. The number of rotatable bonds is 8. The van der Waals surface area contributed by atoms with Crippen molar-refractivity contribution in [1.82, 2.24) is 0 Å². The average molecular weight is 433 g/mol. The van der Waals surface area contributed by atoms with Crippen molar-refractivity contribution < 1.29 is 28.3 Å². The Bertz CT molecular complexity index is 840. The first-order valence-corrected chi connectivity index (χ1v) is 10.4. The maximum absolute atomic E-state index is 12.5. The molecule has 2 atom stereocenters. The lowest BCUT2D eigenvalue weighted by atomic mass is 10.2. The van der Waals surface area contributed by atoms with Crippen LogP contribution in [0.2, 0.25) is 10.0 Å². The summed E-state index contributed by atoms with van der Waals surface area (Å²) in [5, 5.41) is 0.653. The molecule has 27 heavy (non-hydrogen) atoms. The predicted molar refractivity (Wildman–Crippen MR) is 103 cm³/mol. The highest BCUT2D eigenvalue weighted by atomic mass is 35.5.